The molecule has 18 heavy (non-hydrogen) atoms. The van der Waals surface area contributed by atoms with Crippen LogP contribution in [0.15, 0.2) is 47.8 Å². The molecule has 0 aliphatic heterocycles. The van der Waals surface area contributed by atoms with Crippen LogP contribution < -0.4 is 0 Å². The van der Waals surface area contributed by atoms with Crippen LogP contribution in [0.3, 0.4) is 0 Å². The van der Waals surface area contributed by atoms with Gasteiger partial charge in [-0.05, 0) is 23.8 Å². The first kappa shape index (κ1) is 12.3. The van der Waals surface area contributed by atoms with Crippen molar-refractivity contribution in [1.82, 2.24) is 4.98 Å². The van der Waals surface area contributed by atoms with Crippen LogP contribution in [0.25, 0.3) is 0 Å². The Morgan fingerprint density at radius 2 is 2.00 bits per heavy atom. The molecular weight excluding hydrogens is 248 g/mol. The molecule has 0 saturated carbocycles. The Balaban J connectivity index is 2.34. The molecule has 0 radical (unpaired) electrons. The Kier molecular flexibility index (Phi) is 4.06. The summed E-state index contributed by atoms with van der Waals surface area (Å²) in [5.41, 5.74) is 2.26. The molecule has 3 nitrogen and oxygen atoms in total. The van der Waals surface area contributed by atoms with E-state index in [-0.39, 0.29) is 6.54 Å². The van der Waals surface area contributed by atoms with Crippen molar-refractivity contribution in [3.8, 4) is 11.8 Å². The first-order valence-electron chi connectivity index (χ1n) is 5.30. The Morgan fingerprint density at radius 3 is 2.72 bits per heavy atom. The van der Waals surface area contributed by atoms with Crippen LogP contribution in [0, 0.1) is 16.7 Å². The maximum absolute atomic E-state index is 10.4. The van der Waals surface area contributed by atoms with Crippen molar-refractivity contribution in [2.45, 2.75) is 6.54 Å². The number of hydrogen-bond donors (Lipinski definition) is 0. The molecule has 0 fully saturated rings. The Morgan fingerprint density at radius 1 is 1.22 bits per heavy atom. The molecule has 0 unspecified atom stereocenters. The topological polar surface area (TPSA) is 42.3 Å². The normalized spacial score (nSPS) is 9.39. The van der Waals surface area contributed by atoms with E-state index in [9.17, 15) is 4.91 Å². The lowest BCUT2D eigenvalue weighted by Gasteiger charge is -1.99. The van der Waals surface area contributed by atoms with E-state index < -0.39 is 0 Å². The molecule has 4 heteroatoms. The second kappa shape index (κ2) is 5.95. The average molecular weight is 257 g/mol. The molecule has 88 valence electrons. The summed E-state index contributed by atoms with van der Waals surface area (Å²) in [6.45, 7) is 0.0427. The number of hydrogen-bond acceptors (Lipinski definition) is 3. The van der Waals surface area contributed by atoms with Gasteiger partial charge in [0.05, 0.1) is 0 Å². The van der Waals surface area contributed by atoms with E-state index in [0.717, 1.165) is 5.56 Å². The van der Waals surface area contributed by atoms with Crippen LogP contribution in [0.2, 0.25) is 5.15 Å². The minimum Gasteiger partial charge on any atom is -0.243 e. The van der Waals surface area contributed by atoms with Gasteiger partial charge in [-0.2, -0.15) is 4.91 Å². The number of benzene rings is 1. The largest absolute Gasteiger partial charge is 0.243 e. The van der Waals surface area contributed by atoms with Crippen molar-refractivity contribution in [2.24, 2.45) is 5.18 Å². The van der Waals surface area contributed by atoms with Gasteiger partial charge in [-0.25, -0.2) is 4.98 Å². The van der Waals surface area contributed by atoms with E-state index in [4.69, 9.17) is 11.6 Å². The maximum atomic E-state index is 10.4. The summed E-state index contributed by atoms with van der Waals surface area (Å²) in [6, 6.07) is 11.2. The lowest BCUT2D eigenvalue weighted by Crippen LogP contribution is -1.90. The lowest BCUT2D eigenvalue weighted by molar-refractivity contribution is 1.04. The zero-order valence-corrected chi connectivity index (χ0v) is 10.2. The van der Waals surface area contributed by atoms with Crippen LogP contribution in [-0.4, -0.2) is 4.98 Å². The molecule has 0 aliphatic carbocycles. The van der Waals surface area contributed by atoms with Crippen molar-refractivity contribution in [3.05, 3.63) is 69.3 Å². The Bertz CT molecular complexity index is 615. The van der Waals surface area contributed by atoms with Gasteiger partial charge in [-0.3, -0.25) is 0 Å². The number of aromatic nitrogens is 1. The van der Waals surface area contributed by atoms with Crippen LogP contribution >= 0.6 is 11.6 Å². The molecule has 0 amide bonds. The van der Waals surface area contributed by atoms with Crippen molar-refractivity contribution < 1.29 is 0 Å². The van der Waals surface area contributed by atoms with Gasteiger partial charge in [0.15, 0.2) is 0 Å². The van der Waals surface area contributed by atoms with Crippen molar-refractivity contribution in [2.75, 3.05) is 0 Å². The summed E-state index contributed by atoms with van der Waals surface area (Å²) >= 11 is 5.77. The van der Waals surface area contributed by atoms with E-state index in [2.05, 4.69) is 22.0 Å². The zero-order valence-electron chi connectivity index (χ0n) is 9.43. The minimum absolute atomic E-state index is 0.0427. The van der Waals surface area contributed by atoms with Crippen LogP contribution in [0.1, 0.15) is 16.7 Å². The summed E-state index contributed by atoms with van der Waals surface area (Å²) < 4.78 is 0. The fraction of sp³-hybridized carbons (Fsp3) is 0.0714. The first-order valence-corrected chi connectivity index (χ1v) is 5.68. The average Bonchev–Trinajstić information content (AvgIpc) is 2.39. The molecule has 0 spiro atoms. The van der Waals surface area contributed by atoms with E-state index >= 15 is 0 Å². The van der Waals surface area contributed by atoms with Crippen molar-refractivity contribution in [3.63, 3.8) is 0 Å². The molecule has 1 aromatic carbocycles. The van der Waals surface area contributed by atoms with Gasteiger partial charge < -0.3 is 0 Å². The zero-order chi connectivity index (χ0) is 12.8. The quantitative estimate of drug-likeness (QED) is 0.469. The molecule has 1 heterocycles. The predicted molar refractivity (Wildman–Crippen MR) is 71.2 cm³/mol. The monoisotopic (exact) mass is 256 g/mol. The molecular formula is C14H9ClN2O. The maximum Gasteiger partial charge on any atom is 0.129 e. The third-order valence-corrected chi connectivity index (χ3v) is 2.51. The predicted octanol–water partition coefficient (Wildman–Crippen LogP) is 3.40. The first-order chi connectivity index (χ1) is 8.79. The second-order valence-electron chi connectivity index (χ2n) is 3.57. The molecule has 0 atom stereocenters. The summed E-state index contributed by atoms with van der Waals surface area (Å²) in [6.07, 6.45) is 1.55. The molecule has 0 N–H and O–H groups in total. The van der Waals surface area contributed by atoms with E-state index in [1.54, 1.807) is 12.3 Å². The summed E-state index contributed by atoms with van der Waals surface area (Å²) in [5.74, 6) is 5.97. The number of nitrogens with zero attached hydrogens (tertiary/aromatic N) is 2. The van der Waals surface area contributed by atoms with Gasteiger partial charge >= 0.3 is 0 Å². The fourth-order valence-corrected chi connectivity index (χ4v) is 1.62. The number of halogens is 1. The molecule has 1 aromatic heterocycles. The SMILES string of the molecule is O=NCc1cc(Cl)ncc1C#Cc1ccccc1. The molecule has 0 aliphatic rings. The van der Waals surface area contributed by atoms with E-state index in [1.807, 2.05) is 30.3 Å². The number of rotatable bonds is 2. The van der Waals surface area contributed by atoms with Crippen LogP contribution in [0.5, 0.6) is 0 Å². The van der Waals surface area contributed by atoms with Gasteiger partial charge in [-0.1, -0.05) is 46.8 Å². The third-order valence-electron chi connectivity index (χ3n) is 2.31. The van der Waals surface area contributed by atoms with Gasteiger partial charge in [0.2, 0.25) is 0 Å². The summed E-state index contributed by atoms with van der Waals surface area (Å²) in [4.78, 5) is 14.3. The van der Waals surface area contributed by atoms with Crippen LogP contribution in [0.4, 0.5) is 0 Å². The highest BCUT2D eigenvalue weighted by Gasteiger charge is 2.02. The smallest absolute Gasteiger partial charge is 0.129 e. The molecule has 2 rings (SSSR count). The fourth-order valence-electron chi connectivity index (χ4n) is 1.44. The van der Waals surface area contributed by atoms with Crippen LogP contribution in [-0.2, 0) is 6.54 Å². The molecule has 2 aromatic rings. The van der Waals surface area contributed by atoms with E-state index in [0.29, 0.717) is 16.3 Å². The number of nitroso groups, excluding NO2 is 1. The number of pyridine rings is 1. The van der Waals surface area contributed by atoms with Gasteiger partial charge in [0, 0.05) is 17.3 Å². The highest BCUT2D eigenvalue weighted by molar-refractivity contribution is 6.29. The van der Waals surface area contributed by atoms with Gasteiger partial charge in [0.1, 0.15) is 11.7 Å². The van der Waals surface area contributed by atoms with Crippen molar-refractivity contribution in [1.29, 1.82) is 0 Å². The third kappa shape index (κ3) is 3.16. The summed E-state index contributed by atoms with van der Waals surface area (Å²) in [7, 11) is 0. The summed E-state index contributed by atoms with van der Waals surface area (Å²) in [5, 5.41) is 3.19. The van der Waals surface area contributed by atoms with E-state index in [1.165, 1.54) is 0 Å². The lowest BCUT2D eigenvalue weighted by atomic mass is 10.1. The Hall–Kier alpha value is -2.18. The van der Waals surface area contributed by atoms with Gasteiger partial charge in [-0.15, -0.1) is 0 Å². The van der Waals surface area contributed by atoms with Gasteiger partial charge in [0.25, 0.3) is 0 Å². The highest BCUT2D eigenvalue weighted by Crippen LogP contribution is 2.13. The minimum atomic E-state index is 0.0427. The molecule has 0 saturated heterocycles. The highest BCUT2D eigenvalue weighted by atomic mass is 35.5. The standard InChI is InChI=1S/C14H9ClN2O/c15-14-8-13(10-17-18)12(9-16-14)7-6-11-4-2-1-3-5-11/h1-5,8-9H,10H2. The van der Waals surface area contributed by atoms with Crippen molar-refractivity contribution >= 4 is 11.6 Å². The second-order valence-corrected chi connectivity index (χ2v) is 3.95. The Labute approximate surface area is 110 Å². The molecule has 0 bridgehead atoms.